The first-order valence-corrected chi connectivity index (χ1v) is 10.6. The molecular formula is C23H27F2N5O2. The van der Waals surface area contributed by atoms with Crippen molar-refractivity contribution in [1.29, 1.82) is 5.26 Å². The number of amides is 1. The van der Waals surface area contributed by atoms with Crippen molar-refractivity contribution in [2.24, 2.45) is 0 Å². The zero-order valence-electron chi connectivity index (χ0n) is 18.5. The topological polar surface area (TPSA) is 82.4 Å². The van der Waals surface area contributed by atoms with Crippen molar-refractivity contribution in [2.75, 3.05) is 25.1 Å². The summed E-state index contributed by atoms with van der Waals surface area (Å²) in [6.45, 7) is 4.87. The summed E-state index contributed by atoms with van der Waals surface area (Å²) in [6.07, 6.45) is 2.73. The molecule has 32 heavy (non-hydrogen) atoms. The summed E-state index contributed by atoms with van der Waals surface area (Å²) in [5, 5.41) is 8.98. The zero-order chi connectivity index (χ0) is 23.3. The lowest BCUT2D eigenvalue weighted by atomic mass is 10.0. The number of hydrogen-bond donors (Lipinski definition) is 0. The molecule has 0 spiro atoms. The molecule has 1 amide bonds. The summed E-state index contributed by atoms with van der Waals surface area (Å²) in [5.41, 5.74) is 0.268. The van der Waals surface area contributed by atoms with Crippen LogP contribution in [0.4, 0.5) is 14.6 Å². The lowest BCUT2D eigenvalue weighted by Crippen LogP contribution is -2.59. The van der Waals surface area contributed by atoms with Crippen LogP contribution in [0.15, 0.2) is 36.7 Å². The second kappa shape index (κ2) is 9.90. The molecule has 170 valence electrons. The summed E-state index contributed by atoms with van der Waals surface area (Å²) in [5.74, 6) is -2.59. The monoisotopic (exact) mass is 443 g/mol. The standard InChI is InChI=1S/C23H27F2N5O2/c1-4-19-15-29(14-16(2)30(19)20-6-5-17(12-26)13-28-20)22(31)7-9-23(24,25)18-8-10-27-21(11-18)32-3/h5-6,8,10-11,13,16,19H,4,7,9,14-15H2,1-3H3. The molecule has 0 aromatic carbocycles. The first-order valence-electron chi connectivity index (χ1n) is 10.6. The number of pyridine rings is 2. The number of nitriles is 1. The van der Waals surface area contributed by atoms with Crippen LogP contribution in [0.25, 0.3) is 0 Å². The van der Waals surface area contributed by atoms with Crippen LogP contribution in [0.5, 0.6) is 5.88 Å². The Kier molecular flexibility index (Phi) is 7.23. The summed E-state index contributed by atoms with van der Waals surface area (Å²) >= 11 is 0. The van der Waals surface area contributed by atoms with Gasteiger partial charge in [0.25, 0.3) is 5.92 Å². The summed E-state index contributed by atoms with van der Waals surface area (Å²) in [4.78, 5) is 24.9. The smallest absolute Gasteiger partial charge is 0.274 e. The van der Waals surface area contributed by atoms with Gasteiger partial charge in [-0.1, -0.05) is 6.92 Å². The number of alkyl halides is 2. The van der Waals surface area contributed by atoms with Gasteiger partial charge in [0, 0.05) is 62.0 Å². The minimum absolute atomic E-state index is 0.00750. The molecule has 2 unspecified atom stereocenters. The second-order valence-electron chi connectivity index (χ2n) is 7.93. The molecule has 1 fully saturated rings. The zero-order valence-corrected chi connectivity index (χ0v) is 18.5. The molecule has 0 radical (unpaired) electrons. The van der Waals surface area contributed by atoms with E-state index in [4.69, 9.17) is 10.00 Å². The Hall–Kier alpha value is -3.28. The van der Waals surface area contributed by atoms with Gasteiger partial charge in [0.15, 0.2) is 0 Å². The Balaban J connectivity index is 1.66. The molecule has 2 atom stereocenters. The highest BCUT2D eigenvalue weighted by molar-refractivity contribution is 5.76. The molecule has 7 nitrogen and oxygen atoms in total. The molecule has 0 bridgehead atoms. The van der Waals surface area contributed by atoms with Crippen molar-refractivity contribution < 1.29 is 18.3 Å². The van der Waals surface area contributed by atoms with Crippen molar-refractivity contribution in [2.45, 2.75) is 51.1 Å². The van der Waals surface area contributed by atoms with Gasteiger partial charge < -0.3 is 14.5 Å². The highest BCUT2D eigenvalue weighted by Crippen LogP contribution is 2.34. The molecular weight excluding hydrogens is 416 g/mol. The van der Waals surface area contributed by atoms with E-state index >= 15 is 0 Å². The Morgan fingerprint density at radius 1 is 1.31 bits per heavy atom. The van der Waals surface area contributed by atoms with Crippen molar-refractivity contribution in [1.82, 2.24) is 14.9 Å². The molecule has 9 heteroatoms. The fourth-order valence-electron chi connectivity index (χ4n) is 4.05. The van der Waals surface area contributed by atoms with E-state index < -0.39 is 12.3 Å². The maximum Gasteiger partial charge on any atom is 0.274 e. The summed E-state index contributed by atoms with van der Waals surface area (Å²) in [6, 6.07) is 7.98. The summed E-state index contributed by atoms with van der Waals surface area (Å²) in [7, 11) is 1.37. The Labute approximate surface area is 186 Å². The van der Waals surface area contributed by atoms with Crippen molar-refractivity contribution in [3.8, 4) is 11.9 Å². The van der Waals surface area contributed by atoms with Crippen LogP contribution in [-0.4, -0.2) is 53.1 Å². The second-order valence-corrected chi connectivity index (χ2v) is 7.93. The van der Waals surface area contributed by atoms with Gasteiger partial charge in [-0.25, -0.2) is 18.7 Å². The minimum atomic E-state index is -3.16. The van der Waals surface area contributed by atoms with Crippen LogP contribution >= 0.6 is 0 Å². The van der Waals surface area contributed by atoms with Gasteiger partial charge in [-0.3, -0.25) is 4.79 Å². The van der Waals surface area contributed by atoms with Crippen LogP contribution in [0.1, 0.15) is 44.2 Å². The van der Waals surface area contributed by atoms with Crippen LogP contribution in [0, 0.1) is 11.3 Å². The van der Waals surface area contributed by atoms with Crippen LogP contribution in [-0.2, 0) is 10.7 Å². The van der Waals surface area contributed by atoms with Gasteiger partial charge in [-0.2, -0.15) is 5.26 Å². The number of carbonyl (C=O) groups is 1. The van der Waals surface area contributed by atoms with E-state index in [9.17, 15) is 13.6 Å². The molecule has 1 aliphatic rings. The quantitative estimate of drug-likeness (QED) is 0.648. The minimum Gasteiger partial charge on any atom is -0.481 e. The number of anilines is 1. The van der Waals surface area contributed by atoms with E-state index in [-0.39, 0.29) is 35.9 Å². The maximum atomic E-state index is 14.7. The first-order chi connectivity index (χ1) is 15.3. The van der Waals surface area contributed by atoms with Crippen molar-refractivity contribution >= 4 is 11.7 Å². The van der Waals surface area contributed by atoms with Crippen molar-refractivity contribution in [3.05, 3.63) is 47.8 Å². The predicted molar refractivity (Wildman–Crippen MR) is 115 cm³/mol. The van der Waals surface area contributed by atoms with Crippen molar-refractivity contribution in [3.63, 3.8) is 0 Å². The van der Waals surface area contributed by atoms with Gasteiger partial charge in [0.2, 0.25) is 11.8 Å². The van der Waals surface area contributed by atoms with Gasteiger partial charge in [0.1, 0.15) is 11.9 Å². The Bertz CT molecular complexity index is 977. The maximum absolute atomic E-state index is 14.7. The van der Waals surface area contributed by atoms with Crippen LogP contribution in [0.2, 0.25) is 0 Å². The number of ether oxygens (including phenoxy) is 1. The SMILES string of the molecule is CCC1CN(C(=O)CCC(F)(F)c2ccnc(OC)c2)CC(C)N1c1ccc(C#N)cn1. The average Bonchev–Trinajstić information content (AvgIpc) is 2.82. The molecule has 3 heterocycles. The van der Waals surface area contributed by atoms with E-state index in [1.165, 1.54) is 31.6 Å². The third kappa shape index (κ3) is 5.13. The number of piperazine rings is 1. The highest BCUT2D eigenvalue weighted by atomic mass is 19.3. The molecule has 1 aliphatic heterocycles. The number of carbonyl (C=O) groups excluding carboxylic acids is 1. The van der Waals surface area contributed by atoms with E-state index in [1.807, 2.05) is 13.8 Å². The van der Waals surface area contributed by atoms with Gasteiger partial charge in [0.05, 0.1) is 12.7 Å². The van der Waals surface area contributed by atoms with E-state index in [0.717, 1.165) is 12.2 Å². The van der Waals surface area contributed by atoms with Gasteiger partial charge in [-0.05, 0) is 31.5 Å². The first kappa shape index (κ1) is 23.4. The normalized spacial score (nSPS) is 18.9. The largest absolute Gasteiger partial charge is 0.481 e. The van der Waals surface area contributed by atoms with Crippen LogP contribution < -0.4 is 9.64 Å². The molecule has 1 saturated heterocycles. The van der Waals surface area contributed by atoms with E-state index in [2.05, 4.69) is 20.9 Å². The molecule has 0 aliphatic carbocycles. The Morgan fingerprint density at radius 2 is 2.09 bits per heavy atom. The number of aromatic nitrogens is 2. The predicted octanol–water partition coefficient (Wildman–Crippen LogP) is 3.74. The third-order valence-electron chi connectivity index (χ3n) is 5.77. The molecule has 0 saturated carbocycles. The summed E-state index contributed by atoms with van der Waals surface area (Å²) < 4.78 is 34.3. The van der Waals surface area contributed by atoms with E-state index in [0.29, 0.717) is 18.7 Å². The number of hydrogen-bond acceptors (Lipinski definition) is 6. The average molecular weight is 443 g/mol. The third-order valence-corrected chi connectivity index (χ3v) is 5.77. The van der Waals surface area contributed by atoms with Crippen LogP contribution in [0.3, 0.4) is 0 Å². The number of halogens is 2. The fraction of sp³-hybridized carbons (Fsp3) is 0.478. The Morgan fingerprint density at radius 3 is 2.72 bits per heavy atom. The number of rotatable bonds is 7. The van der Waals surface area contributed by atoms with Gasteiger partial charge >= 0.3 is 0 Å². The molecule has 2 aromatic heterocycles. The lowest BCUT2D eigenvalue weighted by molar-refractivity contribution is -0.135. The molecule has 2 aromatic rings. The van der Waals surface area contributed by atoms with Gasteiger partial charge in [-0.15, -0.1) is 0 Å². The number of methoxy groups -OCH3 is 1. The lowest BCUT2D eigenvalue weighted by Gasteiger charge is -2.46. The van der Waals surface area contributed by atoms with E-state index in [1.54, 1.807) is 17.0 Å². The number of nitrogens with zero attached hydrogens (tertiary/aromatic N) is 5. The molecule has 3 rings (SSSR count). The molecule has 0 N–H and O–H groups in total. The fourth-order valence-corrected chi connectivity index (χ4v) is 4.05. The highest BCUT2D eigenvalue weighted by Gasteiger charge is 2.37.